The minimum Gasteiger partial charge on any atom is -0.310 e. The molecule has 60 heavy (non-hydrogen) atoms. The lowest BCUT2D eigenvalue weighted by atomic mass is 9.94. The number of nitrogens with zero attached hydrogens (tertiary/aromatic N) is 2. The Morgan fingerprint density at radius 3 is 1.55 bits per heavy atom. The Balaban J connectivity index is 1.01. The standard InChI is InChI=1S/C58H40N2/c1-3-16-41(17-4-1)42-32-34-43(35-33-42)44-36-38-49(39-37-44)59(48-22-5-2-6-23-48)54-28-11-9-25-51(54)46-20-13-21-47(40-46)52-27-15-31-57-58(52)53-26-10-12-29-56(53)60(57)55-30-14-19-45-18-7-8-24-50(45)55/h1-40H. The molecule has 0 unspecified atom stereocenters. The van der Waals surface area contributed by atoms with E-state index in [1.165, 1.54) is 71.6 Å². The van der Waals surface area contributed by atoms with Crippen LogP contribution in [0, 0.1) is 0 Å². The molecule has 0 spiro atoms. The second-order valence-corrected chi connectivity index (χ2v) is 15.3. The van der Waals surface area contributed by atoms with Gasteiger partial charge in [-0.05, 0) is 98.9 Å². The van der Waals surface area contributed by atoms with Crippen molar-refractivity contribution in [3.63, 3.8) is 0 Å². The van der Waals surface area contributed by atoms with Gasteiger partial charge >= 0.3 is 0 Å². The van der Waals surface area contributed by atoms with Crippen LogP contribution in [0.3, 0.4) is 0 Å². The molecule has 0 bridgehead atoms. The third-order valence-electron chi connectivity index (χ3n) is 11.8. The maximum atomic E-state index is 2.44. The Labute approximate surface area is 350 Å². The largest absolute Gasteiger partial charge is 0.310 e. The smallest absolute Gasteiger partial charge is 0.0547 e. The number of hydrogen-bond acceptors (Lipinski definition) is 1. The van der Waals surface area contributed by atoms with E-state index in [2.05, 4.69) is 252 Å². The van der Waals surface area contributed by atoms with Gasteiger partial charge in [-0.2, -0.15) is 0 Å². The van der Waals surface area contributed by atoms with Gasteiger partial charge in [-0.25, -0.2) is 0 Å². The highest BCUT2D eigenvalue weighted by atomic mass is 15.1. The number of benzene rings is 10. The average Bonchev–Trinajstić information content (AvgIpc) is 3.67. The number of fused-ring (bicyclic) bond motifs is 4. The highest BCUT2D eigenvalue weighted by molar-refractivity contribution is 6.16. The minimum absolute atomic E-state index is 1.10. The summed E-state index contributed by atoms with van der Waals surface area (Å²) in [6, 6.07) is 87.8. The SMILES string of the molecule is c1ccc(-c2ccc(-c3ccc(N(c4ccccc4)c4ccccc4-c4cccc(-c5cccc6c5c5ccccc5n6-c5cccc6ccccc56)c4)cc3)cc2)cc1. The lowest BCUT2D eigenvalue weighted by molar-refractivity contribution is 1.20. The summed E-state index contributed by atoms with van der Waals surface area (Å²) >= 11 is 0. The Kier molecular flexibility index (Phi) is 8.87. The van der Waals surface area contributed by atoms with Gasteiger partial charge in [0.15, 0.2) is 0 Å². The first-order valence-corrected chi connectivity index (χ1v) is 20.6. The van der Waals surface area contributed by atoms with Gasteiger partial charge in [-0.3, -0.25) is 0 Å². The van der Waals surface area contributed by atoms with Crippen LogP contribution in [0.4, 0.5) is 17.1 Å². The molecule has 2 heteroatoms. The van der Waals surface area contributed by atoms with Gasteiger partial charge in [-0.1, -0.05) is 188 Å². The van der Waals surface area contributed by atoms with E-state index in [0.29, 0.717) is 0 Å². The summed E-state index contributed by atoms with van der Waals surface area (Å²) in [5.74, 6) is 0. The highest BCUT2D eigenvalue weighted by Gasteiger charge is 2.20. The molecule has 0 atom stereocenters. The number of hydrogen-bond donors (Lipinski definition) is 0. The first-order valence-electron chi connectivity index (χ1n) is 20.6. The zero-order valence-corrected chi connectivity index (χ0v) is 33.0. The fraction of sp³-hybridized carbons (Fsp3) is 0. The Morgan fingerprint density at radius 1 is 0.300 bits per heavy atom. The van der Waals surface area contributed by atoms with Crippen molar-refractivity contribution in [1.82, 2.24) is 4.57 Å². The summed E-state index contributed by atoms with van der Waals surface area (Å²) in [4.78, 5) is 2.38. The zero-order chi connectivity index (χ0) is 39.8. The van der Waals surface area contributed by atoms with E-state index in [9.17, 15) is 0 Å². The first-order chi connectivity index (χ1) is 29.8. The predicted octanol–water partition coefficient (Wildman–Crippen LogP) is 16.1. The maximum Gasteiger partial charge on any atom is 0.0547 e. The van der Waals surface area contributed by atoms with Gasteiger partial charge in [-0.15, -0.1) is 0 Å². The van der Waals surface area contributed by atoms with Crippen molar-refractivity contribution >= 4 is 49.6 Å². The van der Waals surface area contributed by atoms with Crippen LogP contribution in [0.15, 0.2) is 243 Å². The Morgan fingerprint density at radius 2 is 0.783 bits per heavy atom. The van der Waals surface area contributed by atoms with Crippen LogP contribution in [0.5, 0.6) is 0 Å². The second-order valence-electron chi connectivity index (χ2n) is 15.3. The van der Waals surface area contributed by atoms with Gasteiger partial charge < -0.3 is 9.47 Å². The monoisotopic (exact) mass is 764 g/mol. The van der Waals surface area contributed by atoms with E-state index >= 15 is 0 Å². The second kappa shape index (κ2) is 15.1. The molecule has 0 aliphatic heterocycles. The molecule has 0 amide bonds. The molecule has 11 rings (SSSR count). The lowest BCUT2D eigenvalue weighted by Crippen LogP contribution is -2.11. The molecule has 0 fully saturated rings. The van der Waals surface area contributed by atoms with Crippen LogP contribution in [0.1, 0.15) is 0 Å². The zero-order valence-electron chi connectivity index (χ0n) is 33.0. The fourth-order valence-electron chi connectivity index (χ4n) is 8.98. The van der Waals surface area contributed by atoms with Gasteiger partial charge in [0.05, 0.1) is 22.4 Å². The highest BCUT2D eigenvalue weighted by Crippen LogP contribution is 2.44. The van der Waals surface area contributed by atoms with Crippen LogP contribution < -0.4 is 4.90 Å². The van der Waals surface area contributed by atoms with E-state index in [1.807, 2.05) is 0 Å². The normalized spacial score (nSPS) is 11.3. The molecule has 0 saturated carbocycles. The first kappa shape index (κ1) is 35.2. The molecular formula is C58H40N2. The molecule has 1 aromatic heterocycles. The molecule has 282 valence electrons. The summed E-state index contributed by atoms with van der Waals surface area (Å²) in [6.07, 6.45) is 0. The van der Waals surface area contributed by atoms with Crippen LogP contribution in [0.2, 0.25) is 0 Å². The van der Waals surface area contributed by atoms with E-state index in [4.69, 9.17) is 0 Å². The van der Waals surface area contributed by atoms with Gasteiger partial charge in [0.25, 0.3) is 0 Å². The quantitative estimate of drug-likeness (QED) is 0.150. The molecule has 0 N–H and O–H groups in total. The van der Waals surface area contributed by atoms with Crippen LogP contribution in [-0.2, 0) is 0 Å². The fourth-order valence-corrected chi connectivity index (χ4v) is 8.98. The molecule has 0 aliphatic rings. The number of rotatable bonds is 8. The maximum absolute atomic E-state index is 2.44. The van der Waals surface area contributed by atoms with E-state index in [-0.39, 0.29) is 0 Å². The van der Waals surface area contributed by atoms with Crippen molar-refractivity contribution in [2.45, 2.75) is 0 Å². The van der Waals surface area contributed by atoms with Crippen molar-refractivity contribution in [3.05, 3.63) is 243 Å². The van der Waals surface area contributed by atoms with Gasteiger partial charge in [0.2, 0.25) is 0 Å². The number of anilines is 3. The Bertz CT molecular complexity index is 3280. The van der Waals surface area contributed by atoms with Gasteiger partial charge in [0, 0.05) is 33.1 Å². The summed E-state index contributed by atoms with van der Waals surface area (Å²) < 4.78 is 2.44. The predicted molar refractivity (Wildman–Crippen MR) is 255 cm³/mol. The molecule has 1 heterocycles. The molecule has 0 saturated heterocycles. The summed E-state index contributed by atoms with van der Waals surface area (Å²) in [5, 5.41) is 4.97. The van der Waals surface area contributed by atoms with Crippen LogP contribution >= 0.6 is 0 Å². The van der Waals surface area contributed by atoms with Crippen molar-refractivity contribution in [2.24, 2.45) is 0 Å². The average molecular weight is 765 g/mol. The summed E-state index contributed by atoms with van der Waals surface area (Å²) in [7, 11) is 0. The molecule has 10 aromatic carbocycles. The molecule has 0 radical (unpaired) electrons. The molecule has 11 aromatic rings. The van der Waals surface area contributed by atoms with E-state index in [1.54, 1.807) is 0 Å². The summed E-state index contributed by atoms with van der Waals surface area (Å²) in [6.45, 7) is 0. The Hall–Kier alpha value is -7.94. The van der Waals surface area contributed by atoms with Crippen molar-refractivity contribution < 1.29 is 0 Å². The number of para-hydroxylation sites is 3. The van der Waals surface area contributed by atoms with E-state index in [0.717, 1.165) is 28.2 Å². The van der Waals surface area contributed by atoms with Gasteiger partial charge in [0.1, 0.15) is 0 Å². The molecular weight excluding hydrogens is 725 g/mol. The lowest BCUT2D eigenvalue weighted by Gasteiger charge is -2.28. The third kappa shape index (κ3) is 6.23. The van der Waals surface area contributed by atoms with Crippen molar-refractivity contribution in [3.8, 4) is 50.2 Å². The third-order valence-corrected chi connectivity index (χ3v) is 11.8. The van der Waals surface area contributed by atoms with Crippen LogP contribution in [-0.4, -0.2) is 4.57 Å². The van der Waals surface area contributed by atoms with E-state index < -0.39 is 0 Å². The molecule has 0 aliphatic carbocycles. The summed E-state index contributed by atoms with van der Waals surface area (Å²) in [5.41, 5.74) is 16.4. The van der Waals surface area contributed by atoms with Crippen molar-refractivity contribution in [2.75, 3.05) is 4.90 Å². The van der Waals surface area contributed by atoms with Crippen LogP contribution in [0.25, 0.3) is 82.8 Å². The molecule has 2 nitrogen and oxygen atoms in total. The van der Waals surface area contributed by atoms with Crippen molar-refractivity contribution in [1.29, 1.82) is 0 Å². The minimum atomic E-state index is 1.10. The number of aromatic nitrogens is 1. The topological polar surface area (TPSA) is 8.17 Å².